The molecule has 0 aliphatic heterocycles. The first kappa shape index (κ1) is 19.0. The van der Waals surface area contributed by atoms with Crippen LogP contribution in [0.4, 0.5) is 0 Å². The van der Waals surface area contributed by atoms with Crippen molar-refractivity contribution in [3.63, 3.8) is 0 Å². The maximum absolute atomic E-state index is 6.03. The maximum atomic E-state index is 6.03. The van der Waals surface area contributed by atoms with E-state index in [-0.39, 0.29) is 0 Å². The van der Waals surface area contributed by atoms with Crippen LogP contribution in [0.3, 0.4) is 0 Å². The molecule has 0 heterocycles. The van der Waals surface area contributed by atoms with Crippen molar-refractivity contribution in [1.29, 1.82) is 0 Å². The Balaban J connectivity index is 4.67. The van der Waals surface area contributed by atoms with Gasteiger partial charge in [0.15, 0.2) is 0 Å². The van der Waals surface area contributed by atoms with Crippen molar-refractivity contribution < 1.29 is 4.74 Å². The third kappa shape index (κ3) is 8.21. The molecule has 0 bridgehead atoms. The maximum Gasteiger partial charge on any atom is 0.109 e. The highest BCUT2D eigenvalue weighted by Gasteiger charge is 2.11. The minimum atomic E-state index is 0.366. The first-order chi connectivity index (χ1) is 9.44. The Bertz CT molecular complexity index is 339. The fourth-order valence-corrected chi connectivity index (χ4v) is 1.97. The Kier molecular flexibility index (Phi) is 10.2. The molecule has 2 N–H and O–H groups in total. The van der Waals surface area contributed by atoms with E-state index in [4.69, 9.17) is 10.5 Å². The predicted molar refractivity (Wildman–Crippen MR) is 89.5 cm³/mol. The lowest BCUT2D eigenvalue weighted by Gasteiger charge is -2.18. The third-order valence-electron chi connectivity index (χ3n) is 3.38. The lowest BCUT2D eigenvalue weighted by molar-refractivity contribution is 0.216. The Hall–Kier alpha value is -1.02. The zero-order valence-electron chi connectivity index (χ0n) is 14.0. The van der Waals surface area contributed by atoms with Gasteiger partial charge in [-0.2, -0.15) is 0 Å². The van der Waals surface area contributed by atoms with E-state index in [1.54, 1.807) is 0 Å². The van der Waals surface area contributed by atoms with Crippen LogP contribution in [0.15, 0.2) is 35.6 Å². The van der Waals surface area contributed by atoms with Gasteiger partial charge in [-0.1, -0.05) is 52.8 Å². The molecule has 1 unspecified atom stereocenters. The van der Waals surface area contributed by atoms with Gasteiger partial charge in [-0.3, -0.25) is 0 Å². The number of rotatable bonds is 10. The molecule has 0 fully saturated rings. The molecule has 0 amide bonds. The van der Waals surface area contributed by atoms with E-state index in [0.717, 1.165) is 30.6 Å². The van der Waals surface area contributed by atoms with Crippen molar-refractivity contribution in [1.82, 2.24) is 0 Å². The van der Waals surface area contributed by atoms with Crippen LogP contribution >= 0.6 is 0 Å². The number of ether oxygens (including phenoxy) is 1. The Morgan fingerprint density at radius 1 is 1.25 bits per heavy atom. The van der Waals surface area contributed by atoms with Crippen molar-refractivity contribution >= 4 is 0 Å². The fourth-order valence-electron chi connectivity index (χ4n) is 1.97. The quantitative estimate of drug-likeness (QED) is 0.459. The minimum Gasteiger partial charge on any atom is -0.494 e. The van der Waals surface area contributed by atoms with Crippen LogP contribution in [-0.4, -0.2) is 13.2 Å². The summed E-state index contributed by atoms with van der Waals surface area (Å²) in [6.07, 6.45) is 7.47. The number of hydrogen-bond acceptors (Lipinski definition) is 2. The molecule has 0 aliphatic carbocycles. The molecule has 0 saturated carbocycles. The predicted octanol–water partition coefficient (Wildman–Crippen LogP) is 4.83. The van der Waals surface area contributed by atoms with E-state index >= 15 is 0 Å². The molecule has 0 rings (SSSR count). The Labute approximate surface area is 125 Å². The molecular formula is C18H33NO. The normalized spacial score (nSPS) is 14.6. The Morgan fingerprint density at radius 2 is 1.90 bits per heavy atom. The number of allylic oxidation sites excluding steroid dienone is 3. The van der Waals surface area contributed by atoms with Crippen molar-refractivity contribution in [2.24, 2.45) is 17.6 Å². The van der Waals surface area contributed by atoms with Crippen molar-refractivity contribution in [3.05, 3.63) is 35.6 Å². The van der Waals surface area contributed by atoms with E-state index < -0.39 is 0 Å². The summed E-state index contributed by atoms with van der Waals surface area (Å²) < 4.78 is 6.03. The number of hydrogen-bond donors (Lipinski definition) is 1. The molecule has 0 aromatic rings. The van der Waals surface area contributed by atoms with Gasteiger partial charge in [0.2, 0.25) is 0 Å². The standard InChI is InChI=1S/C18H33NO/c1-7-9-17(8-2)13-20-18(10-14(3)4)11-15(5)16(6)12-19/h9-10,14-15H,6-8,11-13,19H2,1-5H3/b17-9+,18-10+. The summed E-state index contributed by atoms with van der Waals surface area (Å²) in [5.41, 5.74) is 8.12. The van der Waals surface area contributed by atoms with Gasteiger partial charge in [0.25, 0.3) is 0 Å². The topological polar surface area (TPSA) is 35.2 Å². The van der Waals surface area contributed by atoms with Crippen molar-refractivity contribution in [3.8, 4) is 0 Å². The second-order valence-electron chi connectivity index (χ2n) is 5.76. The second-order valence-corrected chi connectivity index (χ2v) is 5.76. The summed E-state index contributed by atoms with van der Waals surface area (Å²) in [7, 11) is 0. The lowest BCUT2D eigenvalue weighted by atomic mass is 9.97. The van der Waals surface area contributed by atoms with Crippen LogP contribution in [0.1, 0.15) is 53.9 Å². The third-order valence-corrected chi connectivity index (χ3v) is 3.38. The van der Waals surface area contributed by atoms with Gasteiger partial charge < -0.3 is 10.5 Å². The van der Waals surface area contributed by atoms with Crippen molar-refractivity contribution in [2.75, 3.05) is 13.2 Å². The largest absolute Gasteiger partial charge is 0.494 e. The summed E-state index contributed by atoms with van der Waals surface area (Å²) in [5.74, 6) is 1.92. The SMILES string of the molecule is C=C(CN)C(C)C/C(=C\C(C)C)OC/C(=C/CC)CC. The van der Waals surface area contributed by atoms with Crippen LogP contribution in [0.25, 0.3) is 0 Å². The van der Waals surface area contributed by atoms with Gasteiger partial charge in [0, 0.05) is 13.0 Å². The molecule has 2 heteroatoms. The highest BCUT2D eigenvalue weighted by atomic mass is 16.5. The van der Waals surface area contributed by atoms with E-state index in [0.29, 0.717) is 25.0 Å². The summed E-state index contributed by atoms with van der Waals surface area (Å²) in [6, 6.07) is 0. The van der Waals surface area contributed by atoms with E-state index in [9.17, 15) is 0 Å². The summed E-state index contributed by atoms with van der Waals surface area (Å²) in [5, 5.41) is 0. The molecule has 0 aromatic carbocycles. The van der Waals surface area contributed by atoms with Crippen LogP contribution in [0, 0.1) is 11.8 Å². The van der Waals surface area contributed by atoms with Crippen LogP contribution in [0.2, 0.25) is 0 Å². The van der Waals surface area contributed by atoms with Crippen LogP contribution in [-0.2, 0) is 4.74 Å². The molecule has 0 aliphatic rings. The van der Waals surface area contributed by atoms with Gasteiger partial charge in [-0.15, -0.1) is 0 Å². The second kappa shape index (κ2) is 10.7. The number of nitrogens with two attached hydrogens (primary N) is 1. The van der Waals surface area contributed by atoms with E-state index in [2.05, 4.69) is 53.3 Å². The first-order valence-corrected chi connectivity index (χ1v) is 7.83. The minimum absolute atomic E-state index is 0.366. The molecule has 116 valence electrons. The summed E-state index contributed by atoms with van der Waals surface area (Å²) in [4.78, 5) is 0. The summed E-state index contributed by atoms with van der Waals surface area (Å²) in [6.45, 7) is 16.1. The average molecular weight is 279 g/mol. The first-order valence-electron chi connectivity index (χ1n) is 7.83. The van der Waals surface area contributed by atoms with Gasteiger partial charge >= 0.3 is 0 Å². The highest BCUT2D eigenvalue weighted by molar-refractivity contribution is 5.08. The molecule has 0 aromatic heterocycles. The molecule has 0 saturated heterocycles. The van der Waals surface area contributed by atoms with E-state index in [1.807, 2.05) is 0 Å². The molecular weight excluding hydrogens is 246 g/mol. The zero-order chi connectivity index (χ0) is 15.5. The smallest absolute Gasteiger partial charge is 0.109 e. The van der Waals surface area contributed by atoms with Gasteiger partial charge in [0.05, 0.1) is 5.76 Å². The van der Waals surface area contributed by atoms with Gasteiger partial charge in [0.1, 0.15) is 6.61 Å². The molecule has 2 nitrogen and oxygen atoms in total. The van der Waals surface area contributed by atoms with Gasteiger partial charge in [-0.05, 0) is 36.3 Å². The van der Waals surface area contributed by atoms with Crippen molar-refractivity contribution in [2.45, 2.75) is 53.9 Å². The highest BCUT2D eigenvalue weighted by Crippen LogP contribution is 2.21. The molecule has 20 heavy (non-hydrogen) atoms. The zero-order valence-corrected chi connectivity index (χ0v) is 14.0. The fraction of sp³-hybridized carbons (Fsp3) is 0.667. The average Bonchev–Trinajstić information content (AvgIpc) is 2.41. The summed E-state index contributed by atoms with van der Waals surface area (Å²) >= 11 is 0. The van der Waals surface area contributed by atoms with E-state index in [1.165, 1.54) is 5.57 Å². The Morgan fingerprint density at radius 3 is 2.35 bits per heavy atom. The molecule has 0 spiro atoms. The lowest BCUT2D eigenvalue weighted by Crippen LogP contribution is -2.12. The van der Waals surface area contributed by atoms with Gasteiger partial charge in [-0.25, -0.2) is 0 Å². The molecule has 0 radical (unpaired) electrons. The monoisotopic (exact) mass is 279 g/mol. The van der Waals surface area contributed by atoms with Crippen LogP contribution in [0.5, 0.6) is 0 Å². The molecule has 1 atom stereocenters. The van der Waals surface area contributed by atoms with Crippen LogP contribution < -0.4 is 5.73 Å².